The van der Waals surface area contributed by atoms with Crippen LogP contribution in [0, 0.1) is 12.8 Å². The highest BCUT2D eigenvalue weighted by Gasteiger charge is 2.29. The summed E-state index contributed by atoms with van der Waals surface area (Å²) in [6, 6.07) is 7.74. The lowest BCUT2D eigenvalue weighted by Gasteiger charge is -2.15. The Labute approximate surface area is 191 Å². The summed E-state index contributed by atoms with van der Waals surface area (Å²) < 4.78 is 11.0. The maximum atomic E-state index is 11.2. The molecular weight excluding hydrogens is 432 g/mol. The first kappa shape index (κ1) is 22.1. The highest BCUT2D eigenvalue weighted by molar-refractivity contribution is 6.32. The van der Waals surface area contributed by atoms with Gasteiger partial charge in [-0.2, -0.15) is 4.98 Å². The van der Waals surface area contributed by atoms with Crippen LogP contribution in [-0.4, -0.2) is 38.3 Å². The van der Waals surface area contributed by atoms with Crippen molar-refractivity contribution in [3.05, 3.63) is 41.0 Å². The lowest BCUT2D eigenvalue weighted by atomic mass is 10.1. The Hall–Kier alpha value is -3.13. The van der Waals surface area contributed by atoms with Gasteiger partial charge in [0.15, 0.2) is 0 Å². The molecule has 2 aromatic heterocycles. The van der Waals surface area contributed by atoms with Gasteiger partial charge in [0.05, 0.1) is 17.6 Å². The fourth-order valence-electron chi connectivity index (χ4n) is 3.88. The van der Waals surface area contributed by atoms with Crippen molar-refractivity contribution in [2.45, 2.75) is 52.2 Å². The van der Waals surface area contributed by atoms with Gasteiger partial charge in [-0.1, -0.05) is 16.8 Å². The summed E-state index contributed by atoms with van der Waals surface area (Å²) in [5.74, 6) is 0.167. The standard InChI is InChI=1S/C23H25ClN4O4/c1-12(2)31-22-19(24)10-15(11-25-22)21-27-20(28-32-21)18-7-6-16(8-13(18)3)26-17-5-4-14(9-17)23(29)30/h6-8,10-12,14,17,26H,4-5,9H2,1-3H3,(H,29,30). The average Bonchev–Trinajstić information content (AvgIpc) is 3.39. The van der Waals surface area contributed by atoms with E-state index in [0.717, 1.165) is 23.2 Å². The van der Waals surface area contributed by atoms with Crippen LogP contribution in [0.3, 0.4) is 0 Å². The van der Waals surface area contributed by atoms with Gasteiger partial charge < -0.3 is 19.7 Å². The van der Waals surface area contributed by atoms with Crippen molar-refractivity contribution in [2.75, 3.05) is 5.32 Å². The number of carboxylic acids is 1. The normalized spacial score (nSPS) is 18.2. The molecule has 32 heavy (non-hydrogen) atoms. The van der Waals surface area contributed by atoms with Crippen LogP contribution in [0.4, 0.5) is 5.69 Å². The predicted molar refractivity (Wildman–Crippen MR) is 121 cm³/mol. The fraction of sp³-hybridized carbons (Fsp3) is 0.391. The maximum absolute atomic E-state index is 11.2. The number of ether oxygens (including phenoxy) is 1. The minimum Gasteiger partial charge on any atom is -0.481 e. The number of aromatic nitrogens is 3. The van der Waals surface area contributed by atoms with Crippen molar-refractivity contribution in [3.63, 3.8) is 0 Å². The van der Waals surface area contributed by atoms with Crippen LogP contribution in [0.5, 0.6) is 5.88 Å². The third-order valence-corrected chi connectivity index (χ3v) is 5.72. The largest absolute Gasteiger partial charge is 0.481 e. The Bertz CT molecular complexity index is 1130. The number of carbonyl (C=O) groups is 1. The van der Waals surface area contributed by atoms with E-state index in [1.165, 1.54) is 0 Å². The Kier molecular flexibility index (Phi) is 6.32. The van der Waals surface area contributed by atoms with Crippen molar-refractivity contribution in [2.24, 2.45) is 5.92 Å². The van der Waals surface area contributed by atoms with Gasteiger partial charge in [-0.05, 0) is 69.9 Å². The molecule has 168 valence electrons. The molecule has 1 aliphatic rings. The first-order valence-electron chi connectivity index (χ1n) is 10.6. The van der Waals surface area contributed by atoms with Crippen molar-refractivity contribution in [1.29, 1.82) is 0 Å². The van der Waals surface area contributed by atoms with Gasteiger partial charge in [0.1, 0.15) is 5.02 Å². The van der Waals surface area contributed by atoms with Gasteiger partial charge in [-0.25, -0.2) is 4.98 Å². The molecule has 0 amide bonds. The summed E-state index contributed by atoms with van der Waals surface area (Å²) in [5, 5.41) is 17.1. The number of nitrogens with one attached hydrogen (secondary N) is 1. The number of halogens is 1. The van der Waals surface area contributed by atoms with Gasteiger partial charge in [0, 0.05) is 23.5 Å². The number of pyridine rings is 1. The summed E-state index contributed by atoms with van der Waals surface area (Å²) in [6.07, 6.45) is 3.76. The minimum atomic E-state index is -0.715. The molecular formula is C23H25ClN4O4. The number of nitrogens with zero attached hydrogens (tertiary/aromatic N) is 3. The second-order valence-corrected chi connectivity index (χ2v) is 8.73. The summed E-state index contributed by atoms with van der Waals surface area (Å²) >= 11 is 6.27. The van der Waals surface area contributed by atoms with Crippen LogP contribution in [0.2, 0.25) is 5.02 Å². The molecule has 2 atom stereocenters. The van der Waals surface area contributed by atoms with E-state index in [0.29, 0.717) is 41.0 Å². The second kappa shape index (κ2) is 9.16. The van der Waals surface area contributed by atoms with Gasteiger partial charge in [-0.15, -0.1) is 0 Å². The average molecular weight is 457 g/mol. The van der Waals surface area contributed by atoms with E-state index in [1.54, 1.807) is 12.3 Å². The van der Waals surface area contributed by atoms with Crippen LogP contribution >= 0.6 is 11.6 Å². The summed E-state index contributed by atoms with van der Waals surface area (Å²) in [5.41, 5.74) is 3.38. The number of anilines is 1. The monoisotopic (exact) mass is 456 g/mol. The van der Waals surface area contributed by atoms with E-state index >= 15 is 0 Å². The Morgan fingerprint density at radius 1 is 1.31 bits per heavy atom. The van der Waals surface area contributed by atoms with Crippen LogP contribution in [0.15, 0.2) is 35.0 Å². The van der Waals surface area contributed by atoms with E-state index in [-0.39, 0.29) is 18.1 Å². The lowest BCUT2D eigenvalue weighted by molar-refractivity contribution is -0.141. The zero-order valence-electron chi connectivity index (χ0n) is 18.1. The molecule has 2 unspecified atom stereocenters. The number of hydrogen-bond acceptors (Lipinski definition) is 7. The van der Waals surface area contributed by atoms with E-state index in [1.807, 2.05) is 39.0 Å². The minimum absolute atomic E-state index is 0.0337. The zero-order valence-corrected chi connectivity index (χ0v) is 18.9. The van der Waals surface area contributed by atoms with E-state index in [9.17, 15) is 9.90 Å². The quantitative estimate of drug-likeness (QED) is 0.498. The number of rotatable bonds is 7. The van der Waals surface area contributed by atoms with E-state index in [4.69, 9.17) is 20.9 Å². The van der Waals surface area contributed by atoms with Crippen LogP contribution in [0.25, 0.3) is 22.8 Å². The molecule has 0 spiro atoms. The summed E-state index contributed by atoms with van der Waals surface area (Å²) in [6.45, 7) is 5.78. The number of benzene rings is 1. The Balaban J connectivity index is 1.48. The second-order valence-electron chi connectivity index (χ2n) is 8.32. The highest BCUT2D eigenvalue weighted by Crippen LogP contribution is 2.32. The molecule has 4 rings (SSSR count). The third kappa shape index (κ3) is 4.85. The van der Waals surface area contributed by atoms with Gasteiger partial charge >= 0.3 is 5.97 Å². The van der Waals surface area contributed by atoms with Crippen LogP contribution in [-0.2, 0) is 4.79 Å². The van der Waals surface area contributed by atoms with Crippen molar-refractivity contribution < 1.29 is 19.2 Å². The fourth-order valence-corrected chi connectivity index (χ4v) is 4.09. The first-order valence-corrected chi connectivity index (χ1v) is 10.9. The van der Waals surface area contributed by atoms with Crippen LogP contribution in [0.1, 0.15) is 38.7 Å². The summed E-state index contributed by atoms with van der Waals surface area (Å²) in [7, 11) is 0. The number of carboxylic acid groups (broad SMARTS) is 1. The van der Waals surface area contributed by atoms with Crippen molar-refractivity contribution in [1.82, 2.24) is 15.1 Å². The lowest BCUT2D eigenvalue weighted by Crippen LogP contribution is -2.17. The SMILES string of the molecule is Cc1cc(NC2CCC(C(=O)O)C2)ccc1-c1noc(-c2cnc(OC(C)C)c(Cl)c2)n1. The topological polar surface area (TPSA) is 110 Å². The molecule has 2 N–H and O–H groups in total. The molecule has 9 heteroatoms. The molecule has 0 saturated heterocycles. The highest BCUT2D eigenvalue weighted by atomic mass is 35.5. The van der Waals surface area contributed by atoms with Gasteiger partial charge in [0.2, 0.25) is 11.7 Å². The maximum Gasteiger partial charge on any atom is 0.306 e. The van der Waals surface area contributed by atoms with E-state index in [2.05, 4.69) is 20.4 Å². The van der Waals surface area contributed by atoms with Crippen LogP contribution < -0.4 is 10.1 Å². The molecule has 0 bridgehead atoms. The van der Waals surface area contributed by atoms with E-state index < -0.39 is 5.97 Å². The third-order valence-electron chi connectivity index (χ3n) is 5.45. The Morgan fingerprint density at radius 3 is 2.78 bits per heavy atom. The number of aliphatic carboxylic acids is 1. The molecule has 0 aliphatic heterocycles. The number of hydrogen-bond donors (Lipinski definition) is 2. The molecule has 1 saturated carbocycles. The van der Waals surface area contributed by atoms with Crippen molar-refractivity contribution >= 4 is 23.3 Å². The molecule has 2 heterocycles. The van der Waals surface area contributed by atoms with Gasteiger partial charge in [0.25, 0.3) is 5.89 Å². The molecule has 1 aliphatic carbocycles. The first-order chi connectivity index (χ1) is 15.3. The summed E-state index contributed by atoms with van der Waals surface area (Å²) in [4.78, 5) is 19.9. The molecule has 1 fully saturated rings. The van der Waals surface area contributed by atoms with Crippen molar-refractivity contribution in [3.8, 4) is 28.7 Å². The van der Waals surface area contributed by atoms with Gasteiger partial charge in [-0.3, -0.25) is 4.79 Å². The molecule has 3 aromatic rings. The zero-order chi connectivity index (χ0) is 22.8. The number of aryl methyl sites for hydroxylation is 1. The predicted octanol–water partition coefficient (Wildman–Crippen LogP) is 5.21. The smallest absolute Gasteiger partial charge is 0.306 e. The Morgan fingerprint density at radius 2 is 2.12 bits per heavy atom. The molecule has 8 nitrogen and oxygen atoms in total. The molecule has 1 aromatic carbocycles. The molecule has 0 radical (unpaired) electrons.